The second-order valence-corrected chi connectivity index (χ2v) is 6.70. The smallest absolute Gasteiger partial charge is 0.423 e. The molecule has 0 saturated carbocycles. The lowest BCUT2D eigenvalue weighted by atomic mass is 9.79. The predicted molar refractivity (Wildman–Crippen MR) is 91.9 cm³/mol. The third-order valence-electron chi connectivity index (χ3n) is 4.47. The Morgan fingerprint density at radius 2 is 1.82 bits per heavy atom. The van der Waals surface area contributed by atoms with E-state index in [4.69, 9.17) is 0 Å². The third kappa shape index (κ3) is 1.97. The summed E-state index contributed by atoms with van der Waals surface area (Å²) >= 11 is 0. The van der Waals surface area contributed by atoms with Crippen molar-refractivity contribution < 1.29 is 10.0 Å². The molecule has 0 fully saturated rings. The van der Waals surface area contributed by atoms with E-state index >= 15 is 0 Å². The molecule has 2 N–H and O–H groups in total. The van der Waals surface area contributed by atoms with Gasteiger partial charge in [-0.1, -0.05) is 62.4 Å². The van der Waals surface area contributed by atoms with Crippen molar-refractivity contribution in [1.82, 2.24) is 0 Å². The molecule has 0 aromatic heterocycles. The molecule has 2 aliphatic rings. The van der Waals surface area contributed by atoms with Crippen LogP contribution in [-0.4, -0.2) is 17.2 Å². The average molecular weight is 288 g/mol. The van der Waals surface area contributed by atoms with Crippen molar-refractivity contribution in [2.24, 2.45) is 5.41 Å². The van der Waals surface area contributed by atoms with Crippen molar-refractivity contribution in [2.75, 3.05) is 0 Å². The molecule has 0 spiro atoms. The maximum absolute atomic E-state index is 9.45. The average Bonchev–Trinajstić information content (AvgIpc) is 2.82. The highest BCUT2D eigenvalue weighted by molar-refractivity contribution is 6.58. The quantitative estimate of drug-likeness (QED) is 0.768. The van der Waals surface area contributed by atoms with Gasteiger partial charge < -0.3 is 10.0 Å². The van der Waals surface area contributed by atoms with Gasteiger partial charge in [0.2, 0.25) is 0 Å². The Kier molecular flexibility index (Phi) is 2.74. The summed E-state index contributed by atoms with van der Waals surface area (Å²) in [5.74, 6) is 0. The fraction of sp³-hybridized carbons (Fsp3) is 0.158. The first kappa shape index (κ1) is 13.6. The number of hydrogen-bond donors (Lipinski definition) is 2. The van der Waals surface area contributed by atoms with Crippen molar-refractivity contribution in [3.63, 3.8) is 0 Å². The summed E-state index contributed by atoms with van der Waals surface area (Å²) in [5, 5.41) is 23.5. The normalized spacial score (nSPS) is 17.8. The van der Waals surface area contributed by atoms with Crippen LogP contribution in [0, 0.1) is 5.41 Å². The van der Waals surface area contributed by atoms with Crippen molar-refractivity contribution in [2.45, 2.75) is 13.8 Å². The Hall–Kier alpha value is -2.10. The Balaban J connectivity index is 2.12. The van der Waals surface area contributed by atoms with Crippen LogP contribution in [0.1, 0.15) is 13.8 Å². The van der Waals surface area contributed by atoms with E-state index in [0.717, 1.165) is 10.8 Å². The van der Waals surface area contributed by atoms with Gasteiger partial charge in [0.05, 0.1) is 0 Å². The van der Waals surface area contributed by atoms with Crippen molar-refractivity contribution in [3.05, 3.63) is 64.6 Å². The molecule has 22 heavy (non-hydrogen) atoms. The first-order valence-electron chi connectivity index (χ1n) is 7.52. The second-order valence-electron chi connectivity index (χ2n) is 6.70. The molecular weight excluding hydrogens is 271 g/mol. The monoisotopic (exact) mass is 288 g/mol. The predicted octanol–water partition coefficient (Wildman–Crippen LogP) is 0.987. The molecule has 0 unspecified atom stereocenters. The lowest BCUT2D eigenvalue weighted by Gasteiger charge is -2.21. The van der Waals surface area contributed by atoms with Crippen molar-refractivity contribution in [1.29, 1.82) is 0 Å². The largest absolute Gasteiger partial charge is 0.488 e. The molecule has 0 bridgehead atoms. The van der Waals surface area contributed by atoms with E-state index in [1.165, 1.54) is 21.6 Å². The number of hydrogen-bond acceptors (Lipinski definition) is 2. The highest BCUT2D eigenvalue weighted by atomic mass is 16.4. The Morgan fingerprint density at radius 3 is 2.59 bits per heavy atom. The fourth-order valence-corrected chi connectivity index (χ4v) is 3.37. The van der Waals surface area contributed by atoms with Crippen LogP contribution >= 0.6 is 0 Å². The summed E-state index contributed by atoms with van der Waals surface area (Å²) < 4.78 is 0. The van der Waals surface area contributed by atoms with Crippen LogP contribution in [0.15, 0.2) is 54.1 Å². The van der Waals surface area contributed by atoms with Gasteiger partial charge in [0.1, 0.15) is 0 Å². The molecule has 108 valence electrons. The van der Waals surface area contributed by atoms with Gasteiger partial charge in [0.15, 0.2) is 0 Å². The van der Waals surface area contributed by atoms with Crippen LogP contribution in [-0.2, 0) is 0 Å². The van der Waals surface area contributed by atoms with Gasteiger partial charge in [-0.3, -0.25) is 0 Å². The summed E-state index contributed by atoms with van der Waals surface area (Å²) in [4.78, 5) is 0. The summed E-state index contributed by atoms with van der Waals surface area (Å²) in [7, 11) is -1.44. The van der Waals surface area contributed by atoms with Crippen LogP contribution in [0.25, 0.3) is 22.4 Å². The summed E-state index contributed by atoms with van der Waals surface area (Å²) in [6.45, 7) is 4.39. The van der Waals surface area contributed by atoms with Gasteiger partial charge in [-0.05, 0) is 43.9 Å². The Bertz CT molecular complexity index is 978. The van der Waals surface area contributed by atoms with Crippen LogP contribution in [0.2, 0.25) is 0 Å². The van der Waals surface area contributed by atoms with E-state index < -0.39 is 7.12 Å². The van der Waals surface area contributed by atoms with Crippen LogP contribution in [0.5, 0.6) is 0 Å². The van der Waals surface area contributed by atoms with E-state index in [-0.39, 0.29) is 5.41 Å². The molecule has 4 rings (SSSR count). The maximum Gasteiger partial charge on any atom is 0.488 e. The molecule has 0 aliphatic heterocycles. The van der Waals surface area contributed by atoms with Gasteiger partial charge in [0.25, 0.3) is 0 Å². The lowest BCUT2D eigenvalue weighted by Crippen LogP contribution is -2.31. The van der Waals surface area contributed by atoms with Gasteiger partial charge in [-0.15, -0.1) is 0 Å². The molecule has 0 atom stereocenters. The van der Waals surface area contributed by atoms with Gasteiger partial charge >= 0.3 is 7.12 Å². The minimum absolute atomic E-state index is 0.0691. The van der Waals surface area contributed by atoms with E-state index in [2.05, 4.69) is 50.3 Å². The number of fused-ring (bicyclic) bond motifs is 4. The summed E-state index contributed by atoms with van der Waals surface area (Å²) in [6, 6.07) is 9.82. The zero-order valence-corrected chi connectivity index (χ0v) is 12.7. The maximum atomic E-state index is 9.45. The first-order chi connectivity index (χ1) is 10.4. The Morgan fingerprint density at radius 1 is 1.05 bits per heavy atom. The van der Waals surface area contributed by atoms with Crippen molar-refractivity contribution >= 4 is 35.0 Å². The SMILES string of the molecule is CC1(C)C=CC2=c3c(ccc4ccc(B(O)O)cc34)=CC2=C1. The number of rotatable bonds is 1. The standard InChI is InChI=1S/C19H17BO2/c1-19(2)8-7-16-14(11-19)9-13-4-3-12-5-6-15(20(21)22)10-17(12)18(13)16/h3-11,21-22H,1-2H3. The van der Waals surface area contributed by atoms with Crippen molar-refractivity contribution in [3.8, 4) is 0 Å². The van der Waals surface area contributed by atoms with Gasteiger partial charge in [-0.2, -0.15) is 0 Å². The van der Waals surface area contributed by atoms with E-state index in [9.17, 15) is 10.0 Å². The molecule has 0 radical (unpaired) electrons. The first-order valence-corrected chi connectivity index (χ1v) is 7.52. The second kappa shape index (κ2) is 4.45. The zero-order chi connectivity index (χ0) is 15.5. The molecular formula is C19H17BO2. The summed E-state index contributed by atoms with van der Waals surface area (Å²) in [6.07, 6.45) is 8.92. The molecule has 0 amide bonds. The highest BCUT2D eigenvalue weighted by Gasteiger charge is 2.21. The minimum atomic E-state index is -1.44. The summed E-state index contributed by atoms with van der Waals surface area (Å²) in [5.41, 5.74) is 3.08. The van der Waals surface area contributed by atoms with Crippen LogP contribution < -0.4 is 15.9 Å². The number of allylic oxidation sites excluding steroid dienone is 4. The zero-order valence-electron chi connectivity index (χ0n) is 12.7. The molecule has 2 nitrogen and oxygen atoms in total. The molecule has 2 aliphatic carbocycles. The molecule has 3 heteroatoms. The van der Waals surface area contributed by atoms with Gasteiger partial charge in [0, 0.05) is 5.41 Å². The Labute approximate surface area is 129 Å². The topological polar surface area (TPSA) is 40.5 Å². The molecule has 0 heterocycles. The minimum Gasteiger partial charge on any atom is -0.423 e. The van der Waals surface area contributed by atoms with E-state index in [1.54, 1.807) is 6.07 Å². The highest BCUT2D eigenvalue weighted by Crippen LogP contribution is 2.32. The van der Waals surface area contributed by atoms with Crippen LogP contribution in [0.3, 0.4) is 0 Å². The van der Waals surface area contributed by atoms with E-state index in [0.29, 0.717) is 5.46 Å². The van der Waals surface area contributed by atoms with Gasteiger partial charge in [-0.25, -0.2) is 0 Å². The lowest BCUT2D eigenvalue weighted by molar-refractivity contribution is 0.426. The molecule has 0 saturated heterocycles. The van der Waals surface area contributed by atoms with E-state index in [1.807, 2.05) is 12.1 Å². The fourth-order valence-electron chi connectivity index (χ4n) is 3.37. The molecule has 2 aromatic rings. The van der Waals surface area contributed by atoms with Crippen LogP contribution in [0.4, 0.5) is 0 Å². The molecule has 2 aromatic carbocycles. The third-order valence-corrected chi connectivity index (χ3v) is 4.47. The number of benzene rings is 2.